The molecule has 1 unspecified atom stereocenters. The Bertz CT molecular complexity index is 686. The summed E-state index contributed by atoms with van der Waals surface area (Å²) >= 11 is 0. The maximum absolute atomic E-state index is 12.6. The summed E-state index contributed by atoms with van der Waals surface area (Å²) in [7, 11) is 1.24. The molecule has 1 saturated heterocycles. The highest BCUT2D eigenvalue weighted by molar-refractivity contribution is 8.12. The summed E-state index contributed by atoms with van der Waals surface area (Å²) in [6, 6.07) is 6.35. The molecule has 1 aromatic carbocycles. The minimum Gasteiger partial charge on any atom is -0.245 e. The Morgan fingerprint density at radius 2 is 1.74 bits per heavy atom. The molecule has 126 valence electrons. The van der Waals surface area contributed by atoms with E-state index in [9.17, 15) is 13.2 Å². The second-order valence-corrected chi connectivity index (χ2v) is 8.39. The van der Waals surface area contributed by atoms with Crippen LogP contribution in [0.3, 0.4) is 0 Å². The number of hydroxylamine groups is 2. The van der Waals surface area contributed by atoms with Crippen LogP contribution in [0.15, 0.2) is 24.3 Å². The molecule has 2 fully saturated rings. The van der Waals surface area contributed by atoms with Crippen LogP contribution in [0, 0.1) is 6.92 Å². The molecule has 23 heavy (non-hydrogen) atoms. The molecule has 0 spiro atoms. The van der Waals surface area contributed by atoms with Crippen molar-refractivity contribution in [3.63, 3.8) is 0 Å². The molecule has 0 aromatic heterocycles. The Labute approximate surface area is 140 Å². The van der Waals surface area contributed by atoms with E-state index in [1.807, 2.05) is 19.1 Å². The Kier molecular flexibility index (Phi) is 4.53. The molecule has 6 nitrogen and oxygen atoms in total. The van der Waals surface area contributed by atoms with Crippen LogP contribution in [0.2, 0.25) is 0 Å². The summed E-state index contributed by atoms with van der Waals surface area (Å²) in [5.41, 5.74) is 1.61. The van der Waals surface area contributed by atoms with Gasteiger partial charge in [-0.2, -0.15) is 17.8 Å². The van der Waals surface area contributed by atoms with Gasteiger partial charge in [0.05, 0.1) is 6.04 Å². The van der Waals surface area contributed by atoms with Gasteiger partial charge in [-0.1, -0.05) is 49.1 Å². The number of hydrogen-bond donors (Lipinski definition) is 0. The second-order valence-electron chi connectivity index (χ2n) is 6.01. The van der Waals surface area contributed by atoms with E-state index in [1.165, 1.54) is 5.06 Å². The largest absolute Gasteiger partial charge is 0.361 e. The van der Waals surface area contributed by atoms with Crippen molar-refractivity contribution in [3.8, 4) is 0 Å². The standard InChI is InChI=1S/C15H19ClN2O4S/c1-11-7-9-12(10-8-11)14-18(23(16,20)21)15(19)17(22-14)13-5-3-2-4-6-13/h7-10,13-14H,2-6H2,1H3. The van der Waals surface area contributed by atoms with Crippen molar-refractivity contribution in [1.82, 2.24) is 9.37 Å². The average Bonchev–Trinajstić information content (AvgIpc) is 2.86. The van der Waals surface area contributed by atoms with Crippen molar-refractivity contribution in [2.45, 2.75) is 51.3 Å². The normalized spacial score (nSPS) is 23.6. The summed E-state index contributed by atoms with van der Waals surface area (Å²) < 4.78 is 24.4. The van der Waals surface area contributed by atoms with Gasteiger partial charge >= 0.3 is 15.3 Å². The zero-order chi connectivity index (χ0) is 16.6. The number of nitrogens with zero attached hydrogens (tertiary/aromatic N) is 2. The van der Waals surface area contributed by atoms with Crippen LogP contribution in [0.5, 0.6) is 0 Å². The number of benzene rings is 1. The molecule has 8 heteroatoms. The van der Waals surface area contributed by atoms with E-state index < -0.39 is 21.5 Å². The van der Waals surface area contributed by atoms with E-state index >= 15 is 0 Å². The summed E-state index contributed by atoms with van der Waals surface area (Å²) in [6.45, 7) is 1.93. The van der Waals surface area contributed by atoms with Gasteiger partial charge in [0.25, 0.3) is 0 Å². The van der Waals surface area contributed by atoms with Crippen LogP contribution in [-0.4, -0.2) is 29.9 Å². The number of rotatable bonds is 3. The number of halogens is 1. The van der Waals surface area contributed by atoms with E-state index in [1.54, 1.807) is 12.1 Å². The lowest BCUT2D eigenvalue weighted by molar-refractivity contribution is -0.162. The topological polar surface area (TPSA) is 66.9 Å². The zero-order valence-corrected chi connectivity index (χ0v) is 14.4. The fraction of sp³-hybridized carbons (Fsp3) is 0.533. The first-order valence-corrected chi connectivity index (χ1v) is 9.95. The van der Waals surface area contributed by atoms with Gasteiger partial charge in [0, 0.05) is 16.2 Å². The van der Waals surface area contributed by atoms with Gasteiger partial charge in [-0.25, -0.2) is 9.63 Å². The van der Waals surface area contributed by atoms with E-state index in [2.05, 4.69) is 0 Å². The molecule has 1 aliphatic carbocycles. The highest BCUT2D eigenvalue weighted by Gasteiger charge is 2.48. The molecule has 2 aliphatic rings. The van der Waals surface area contributed by atoms with Gasteiger partial charge in [0.2, 0.25) is 6.23 Å². The quantitative estimate of drug-likeness (QED) is 0.776. The van der Waals surface area contributed by atoms with E-state index in [0.29, 0.717) is 9.87 Å². The maximum atomic E-state index is 12.6. The monoisotopic (exact) mass is 358 g/mol. The fourth-order valence-corrected chi connectivity index (χ4v) is 4.14. The summed E-state index contributed by atoms with van der Waals surface area (Å²) in [5.74, 6) is 0. The highest BCUT2D eigenvalue weighted by Crippen LogP contribution is 2.38. The molecular weight excluding hydrogens is 340 g/mol. The smallest absolute Gasteiger partial charge is 0.245 e. The lowest BCUT2D eigenvalue weighted by Crippen LogP contribution is -2.40. The van der Waals surface area contributed by atoms with Gasteiger partial charge in [0.15, 0.2) is 0 Å². The van der Waals surface area contributed by atoms with E-state index in [0.717, 1.165) is 37.7 Å². The van der Waals surface area contributed by atoms with E-state index in [-0.39, 0.29) is 6.04 Å². The minimum absolute atomic E-state index is 0.104. The highest BCUT2D eigenvalue weighted by atomic mass is 35.7. The van der Waals surface area contributed by atoms with Crippen LogP contribution in [0.1, 0.15) is 49.5 Å². The lowest BCUT2D eigenvalue weighted by Gasteiger charge is -2.28. The number of hydrogen-bond acceptors (Lipinski definition) is 4. The van der Waals surface area contributed by atoms with Gasteiger partial charge in [-0.3, -0.25) is 0 Å². The third kappa shape index (κ3) is 3.32. The van der Waals surface area contributed by atoms with Crippen LogP contribution in [0.25, 0.3) is 0 Å². The first-order valence-electron chi connectivity index (χ1n) is 7.68. The molecule has 2 amide bonds. The van der Waals surface area contributed by atoms with Gasteiger partial charge in [-0.05, 0) is 19.8 Å². The molecular formula is C15H19ClN2O4S. The number of urea groups is 1. The van der Waals surface area contributed by atoms with Crippen molar-refractivity contribution in [2.75, 3.05) is 0 Å². The lowest BCUT2D eigenvalue weighted by atomic mass is 9.95. The van der Waals surface area contributed by atoms with Crippen LogP contribution >= 0.6 is 10.7 Å². The molecule has 1 aliphatic heterocycles. The Morgan fingerprint density at radius 1 is 1.13 bits per heavy atom. The predicted octanol–water partition coefficient (Wildman–Crippen LogP) is 3.48. The van der Waals surface area contributed by atoms with Gasteiger partial charge < -0.3 is 0 Å². The molecule has 1 aromatic rings. The van der Waals surface area contributed by atoms with Gasteiger partial charge in [0.1, 0.15) is 0 Å². The number of amides is 2. The molecule has 1 saturated carbocycles. The third-order valence-electron chi connectivity index (χ3n) is 4.31. The van der Waals surface area contributed by atoms with Gasteiger partial charge in [-0.15, -0.1) is 0 Å². The zero-order valence-electron chi connectivity index (χ0n) is 12.8. The first-order chi connectivity index (χ1) is 10.9. The number of aryl methyl sites for hydroxylation is 1. The first kappa shape index (κ1) is 16.5. The fourth-order valence-electron chi connectivity index (χ4n) is 3.09. The summed E-state index contributed by atoms with van der Waals surface area (Å²) in [6.07, 6.45) is 3.69. The second kappa shape index (κ2) is 6.30. The Balaban J connectivity index is 1.93. The summed E-state index contributed by atoms with van der Waals surface area (Å²) in [4.78, 5) is 18.3. The molecule has 3 rings (SSSR count). The van der Waals surface area contributed by atoms with Crippen LogP contribution in [-0.2, 0) is 14.1 Å². The summed E-state index contributed by atoms with van der Waals surface area (Å²) in [5, 5.41) is 1.20. The number of carbonyl (C=O) groups excluding carboxylic acids is 1. The van der Waals surface area contributed by atoms with Crippen molar-refractivity contribution < 1.29 is 18.0 Å². The molecule has 0 bridgehead atoms. The molecule has 1 atom stereocenters. The Morgan fingerprint density at radius 3 is 2.30 bits per heavy atom. The van der Waals surface area contributed by atoms with Crippen LogP contribution in [0.4, 0.5) is 4.79 Å². The van der Waals surface area contributed by atoms with Crippen LogP contribution < -0.4 is 0 Å². The number of carbonyl (C=O) groups is 1. The van der Waals surface area contributed by atoms with Crippen molar-refractivity contribution >= 4 is 26.0 Å². The SMILES string of the molecule is Cc1ccc(C2ON(C3CCCCC3)C(=O)N2S(=O)(=O)Cl)cc1. The van der Waals surface area contributed by atoms with Crippen molar-refractivity contribution in [1.29, 1.82) is 0 Å². The average molecular weight is 359 g/mol. The predicted molar refractivity (Wildman–Crippen MR) is 85.7 cm³/mol. The third-order valence-corrected chi connectivity index (χ3v) is 5.57. The van der Waals surface area contributed by atoms with Crippen molar-refractivity contribution in [3.05, 3.63) is 35.4 Å². The maximum Gasteiger partial charge on any atom is 0.361 e. The molecule has 0 N–H and O–H groups in total. The molecule has 0 radical (unpaired) electrons. The Hall–Kier alpha value is -1.31. The van der Waals surface area contributed by atoms with E-state index in [4.69, 9.17) is 15.5 Å². The van der Waals surface area contributed by atoms with Crippen molar-refractivity contribution in [2.24, 2.45) is 0 Å². The molecule has 1 heterocycles. The minimum atomic E-state index is -4.24.